The first-order chi connectivity index (χ1) is 9.30. The second kappa shape index (κ2) is 5.96. The summed E-state index contributed by atoms with van der Waals surface area (Å²) in [5, 5.41) is 3.91. The highest BCUT2D eigenvalue weighted by molar-refractivity contribution is 5.05. The zero-order chi connectivity index (χ0) is 15.0. The van der Waals surface area contributed by atoms with Gasteiger partial charge in [-0.15, -0.1) is 0 Å². The number of hydrogen-bond acceptors (Lipinski definition) is 2. The molecule has 2 nitrogen and oxygen atoms in total. The largest absolute Gasteiger partial charge is 0.308 e. The summed E-state index contributed by atoms with van der Waals surface area (Å²) in [5.41, 5.74) is 0.734. The summed E-state index contributed by atoms with van der Waals surface area (Å²) >= 11 is 0. The lowest BCUT2D eigenvalue weighted by atomic mass is 9.80. The van der Waals surface area contributed by atoms with Crippen molar-refractivity contribution >= 4 is 0 Å². The maximum absolute atomic E-state index is 3.91. The second-order valence-corrected chi connectivity index (χ2v) is 8.57. The Morgan fingerprint density at radius 3 is 2.25 bits per heavy atom. The van der Waals surface area contributed by atoms with Crippen molar-refractivity contribution < 1.29 is 0 Å². The van der Waals surface area contributed by atoms with Crippen LogP contribution in [0.2, 0.25) is 0 Å². The van der Waals surface area contributed by atoms with Crippen molar-refractivity contribution in [1.29, 1.82) is 0 Å². The van der Waals surface area contributed by atoms with Gasteiger partial charge in [0.1, 0.15) is 0 Å². The lowest BCUT2D eigenvalue weighted by Gasteiger charge is -2.51. The van der Waals surface area contributed by atoms with E-state index in [9.17, 15) is 0 Å². The number of nitrogens with zero attached hydrogens (tertiary/aromatic N) is 1. The maximum Gasteiger partial charge on any atom is 0.0309 e. The molecular weight excluding hydrogens is 244 g/mol. The molecule has 0 aromatic carbocycles. The van der Waals surface area contributed by atoms with Crippen LogP contribution in [-0.2, 0) is 0 Å². The van der Waals surface area contributed by atoms with Gasteiger partial charge in [-0.3, -0.25) is 4.90 Å². The molecule has 0 aromatic heterocycles. The fourth-order valence-corrected chi connectivity index (χ4v) is 3.97. The average molecular weight is 280 g/mol. The van der Waals surface area contributed by atoms with Gasteiger partial charge < -0.3 is 5.32 Å². The maximum atomic E-state index is 3.91. The van der Waals surface area contributed by atoms with E-state index in [0.717, 1.165) is 18.4 Å². The van der Waals surface area contributed by atoms with Gasteiger partial charge in [0.2, 0.25) is 0 Å². The first-order valence-electron chi connectivity index (χ1n) is 8.79. The topological polar surface area (TPSA) is 15.3 Å². The van der Waals surface area contributed by atoms with Crippen LogP contribution in [0.1, 0.15) is 67.2 Å². The zero-order valence-electron chi connectivity index (χ0n) is 14.6. The van der Waals surface area contributed by atoms with E-state index in [-0.39, 0.29) is 0 Å². The zero-order valence-corrected chi connectivity index (χ0v) is 14.6. The molecule has 0 spiro atoms. The van der Waals surface area contributed by atoms with Crippen molar-refractivity contribution in [2.45, 2.75) is 78.8 Å². The van der Waals surface area contributed by atoms with E-state index >= 15 is 0 Å². The third-order valence-electron chi connectivity index (χ3n) is 5.80. The molecule has 1 heterocycles. The van der Waals surface area contributed by atoms with E-state index in [2.05, 4.69) is 51.8 Å². The molecule has 0 bridgehead atoms. The van der Waals surface area contributed by atoms with Gasteiger partial charge in [0.05, 0.1) is 0 Å². The lowest BCUT2D eigenvalue weighted by molar-refractivity contribution is 0.00916. The predicted molar refractivity (Wildman–Crippen MR) is 88.0 cm³/mol. The van der Waals surface area contributed by atoms with Crippen molar-refractivity contribution in [3.63, 3.8) is 0 Å². The van der Waals surface area contributed by atoms with Crippen LogP contribution in [0, 0.1) is 17.3 Å². The van der Waals surface area contributed by atoms with E-state index in [1.807, 2.05) is 0 Å². The highest BCUT2D eigenvalue weighted by atomic mass is 15.3. The molecule has 1 N–H and O–H groups in total. The van der Waals surface area contributed by atoms with Gasteiger partial charge in [0, 0.05) is 31.2 Å². The van der Waals surface area contributed by atoms with Crippen molar-refractivity contribution in [3.05, 3.63) is 0 Å². The predicted octanol–water partition coefficient (Wildman–Crippen LogP) is 3.91. The van der Waals surface area contributed by atoms with Gasteiger partial charge in [-0.05, 0) is 37.0 Å². The summed E-state index contributed by atoms with van der Waals surface area (Å²) in [7, 11) is 0. The first kappa shape index (κ1) is 16.3. The highest BCUT2D eigenvalue weighted by Gasteiger charge is 2.47. The molecular formula is C18H36N2. The Morgan fingerprint density at radius 1 is 1.20 bits per heavy atom. The van der Waals surface area contributed by atoms with Gasteiger partial charge in [0.25, 0.3) is 0 Å². The summed E-state index contributed by atoms with van der Waals surface area (Å²) in [6.07, 6.45) is 5.50. The van der Waals surface area contributed by atoms with E-state index in [4.69, 9.17) is 0 Å². The van der Waals surface area contributed by atoms with Crippen molar-refractivity contribution in [2.24, 2.45) is 17.3 Å². The van der Waals surface area contributed by atoms with Crippen molar-refractivity contribution in [3.8, 4) is 0 Å². The summed E-state index contributed by atoms with van der Waals surface area (Å²) in [4.78, 5) is 2.83. The van der Waals surface area contributed by atoms with Crippen LogP contribution in [0.25, 0.3) is 0 Å². The molecule has 1 saturated carbocycles. The highest BCUT2D eigenvalue weighted by Crippen LogP contribution is 2.43. The minimum absolute atomic E-state index is 0.365. The Bertz CT molecular complexity index is 312. The third-order valence-corrected chi connectivity index (χ3v) is 5.80. The number of rotatable bonds is 5. The third kappa shape index (κ3) is 3.57. The van der Waals surface area contributed by atoms with Crippen molar-refractivity contribution in [1.82, 2.24) is 10.2 Å². The van der Waals surface area contributed by atoms with Crippen LogP contribution in [-0.4, -0.2) is 36.1 Å². The number of hydrogen-bond donors (Lipinski definition) is 1. The molecule has 2 atom stereocenters. The molecule has 2 fully saturated rings. The number of piperazine rings is 1. The Hall–Kier alpha value is -0.0800. The monoisotopic (exact) mass is 280 g/mol. The molecule has 0 amide bonds. The van der Waals surface area contributed by atoms with E-state index < -0.39 is 0 Å². The van der Waals surface area contributed by atoms with Crippen LogP contribution in [0.4, 0.5) is 0 Å². The molecule has 0 aromatic rings. The van der Waals surface area contributed by atoms with Gasteiger partial charge in [-0.1, -0.05) is 47.5 Å². The summed E-state index contributed by atoms with van der Waals surface area (Å²) < 4.78 is 0. The fraction of sp³-hybridized carbons (Fsp3) is 1.00. The molecule has 1 aliphatic carbocycles. The quantitative estimate of drug-likeness (QED) is 0.821. The fourth-order valence-electron chi connectivity index (χ4n) is 3.97. The van der Waals surface area contributed by atoms with Gasteiger partial charge in [-0.25, -0.2) is 0 Å². The van der Waals surface area contributed by atoms with E-state index in [1.165, 1.54) is 38.8 Å². The van der Waals surface area contributed by atoms with E-state index in [1.54, 1.807) is 0 Å². The van der Waals surface area contributed by atoms with Crippen LogP contribution in [0.5, 0.6) is 0 Å². The van der Waals surface area contributed by atoms with Crippen LogP contribution < -0.4 is 5.32 Å². The van der Waals surface area contributed by atoms with Crippen molar-refractivity contribution in [2.75, 3.05) is 19.6 Å². The average Bonchev–Trinajstić information content (AvgIpc) is 3.19. The van der Waals surface area contributed by atoms with Crippen LogP contribution in [0.15, 0.2) is 0 Å². The smallest absolute Gasteiger partial charge is 0.0309 e. The minimum Gasteiger partial charge on any atom is -0.308 e. The SMILES string of the molecule is CCC(CC)CN1CC(C)(C2CC2)NCC1C(C)(C)C. The molecule has 2 aliphatic rings. The Balaban J connectivity index is 2.10. The van der Waals surface area contributed by atoms with Gasteiger partial charge >= 0.3 is 0 Å². The standard InChI is InChI=1S/C18H36N2/c1-7-14(8-2)12-20-13-18(6,15-9-10-15)19-11-16(20)17(3,4)5/h14-16,19H,7-13H2,1-6H3. The molecule has 1 aliphatic heterocycles. The Kier molecular flexibility index (Phi) is 4.86. The normalized spacial score (nSPS) is 32.9. The first-order valence-corrected chi connectivity index (χ1v) is 8.79. The Morgan fingerprint density at radius 2 is 1.80 bits per heavy atom. The molecule has 2 rings (SSSR count). The summed E-state index contributed by atoms with van der Waals surface area (Å²) in [6, 6.07) is 0.676. The molecule has 2 heteroatoms. The summed E-state index contributed by atoms with van der Waals surface area (Å²) in [6.45, 7) is 18.1. The molecule has 20 heavy (non-hydrogen) atoms. The molecule has 118 valence electrons. The lowest BCUT2D eigenvalue weighted by Crippen LogP contribution is -2.67. The number of nitrogens with one attached hydrogen (secondary N) is 1. The van der Waals surface area contributed by atoms with Crippen LogP contribution in [0.3, 0.4) is 0 Å². The Labute approximate surface area is 126 Å². The minimum atomic E-state index is 0.365. The second-order valence-electron chi connectivity index (χ2n) is 8.57. The van der Waals surface area contributed by atoms with E-state index in [0.29, 0.717) is 17.0 Å². The summed E-state index contributed by atoms with van der Waals surface area (Å²) in [5.74, 6) is 1.79. The van der Waals surface area contributed by atoms with Gasteiger partial charge in [0.15, 0.2) is 0 Å². The van der Waals surface area contributed by atoms with Crippen LogP contribution >= 0.6 is 0 Å². The molecule has 2 unspecified atom stereocenters. The molecule has 1 saturated heterocycles. The molecule has 0 radical (unpaired) electrons. The van der Waals surface area contributed by atoms with Gasteiger partial charge in [-0.2, -0.15) is 0 Å².